The third-order valence-electron chi connectivity index (χ3n) is 9.10. The summed E-state index contributed by atoms with van der Waals surface area (Å²) in [4.78, 5) is 9.67. The first kappa shape index (κ1) is 35.1. The Labute approximate surface area is 307 Å². The van der Waals surface area contributed by atoms with Crippen molar-refractivity contribution in [1.29, 1.82) is 0 Å². The second kappa shape index (κ2) is 16.4. The summed E-state index contributed by atoms with van der Waals surface area (Å²) in [6.45, 7) is 6.75. The van der Waals surface area contributed by atoms with Gasteiger partial charge in [-0.25, -0.2) is 4.98 Å². The molecule has 3 heterocycles. The minimum absolute atomic E-state index is 0.515. The Morgan fingerprint density at radius 2 is 1.33 bits per heavy atom. The van der Waals surface area contributed by atoms with Crippen molar-refractivity contribution in [3.8, 4) is 67.6 Å². The van der Waals surface area contributed by atoms with Crippen molar-refractivity contribution in [2.75, 3.05) is 80.9 Å². The van der Waals surface area contributed by atoms with Crippen LogP contribution in [0.4, 0.5) is 0 Å². The second-order valence-electron chi connectivity index (χ2n) is 12.3. The van der Waals surface area contributed by atoms with Gasteiger partial charge in [-0.3, -0.25) is 9.80 Å². The molecule has 1 fully saturated rings. The molecule has 52 heavy (non-hydrogen) atoms. The molecule has 12 heteroatoms. The summed E-state index contributed by atoms with van der Waals surface area (Å²) >= 11 is 1.70. The van der Waals surface area contributed by atoms with Gasteiger partial charge in [0.05, 0.1) is 38.7 Å². The minimum Gasteiger partial charge on any atom is -0.493 e. The van der Waals surface area contributed by atoms with Crippen LogP contribution in [0.25, 0.3) is 43.4 Å². The van der Waals surface area contributed by atoms with E-state index in [0.29, 0.717) is 53.4 Å². The molecular formula is C40H42N4O7S. The smallest absolute Gasteiger partial charge is 0.203 e. The van der Waals surface area contributed by atoms with Crippen LogP contribution >= 0.6 is 11.3 Å². The van der Waals surface area contributed by atoms with E-state index in [1.54, 1.807) is 39.8 Å². The number of benzene rings is 4. The number of thiazole rings is 1. The molecule has 0 saturated carbocycles. The first-order chi connectivity index (χ1) is 25.5. The van der Waals surface area contributed by atoms with E-state index in [4.69, 9.17) is 37.9 Å². The van der Waals surface area contributed by atoms with Gasteiger partial charge in [0.25, 0.3) is 0 Å². The number of piperazine rings is 1. The van der Waals surface area contributed by atoms with Crippen molar-refractivity contribution in [1.82, 2.24) is 19.9 Å². The number of para-hydroxylation sites is 1. The first-order valence-corrected chi connectivity index (χ1v) is 18.0. The zero-order valence-electron chi connectivity index (χ0n) is 29.8. The van der Waals surface area contributed by atoms with Crippen molar-refractivity contribution in [3.05, 3.63) is 84.9 Å². The minimum atomic E-state index is 0.515. The lowest BCUT2D eigenvalue weighted by molar-refractivity contribution is 0.104. The molecule has 6 aromatic rings. The van der Waals surface area contributed by atoms with Gasteiger partial charge in [0.15, 0.2) is 28.8 Å². The number of methoxy groups -OCH3 is 4. The van der Waals surface area contributed by atoms with E-state index < -0.39 is 0 Å². The molecule has 0 amide bonds. The van der Waals surface area contributed by atoms with E-state index in [1.807, 2.05) is 60.7 Å². The highest BCUT2D eigenvalue weighted by atomic mass is 32.1. The number of rotatable bonds is 15. The van der Waals surface area contributed by atoms with Crippen molar-refractivity contribution < 1.29 is 32.9 Å². The maximum Gasteiger partial charge on any atom is 0.203 e. The van der Waals surface area contributed by atoms with Crippen LogP contribution < -0.4 is 28.4 Å². The van der Waals surface area contributed by atoms with Gasteiger partial charge in [-0.05, 0) is 54.6 Å². The molecule has 1 aliphatic heterocycles. The highest BCUT2D eigenvalue weighted by Gasteiger charge is 2.20. The summed E-state index contributed by atoms with van der Waals surface area (Å²) < 4.78 is 41.4. The van der Waals surface area contributed by atoms with E-state index in [2.05, 4.69) is 39.2 Å². The molecule has 0 aliphatic carbocycles. The predicted molar refractivity (Wildman–Crippen MR) is 203 cm³/mol. The molecule has 2 aromatic heterocycles. The van der Waals surface area contributed by atoms with E-state index in [-0.39, 0.29) is 0 Å². The van der Waals surface area contributed by atoms with Gasteiger partial charge in [0, 0.05) is 62.0 Å². The maximum absolute atomic E-state index is 6.26. The van der Waals surface area contributed by atoms with Gasteiger partial charge in [0.1, 0.15) is 29.7 Å². The van der Waals surface area contributed by atoms with Gasteiger partial charge in [-0.1, -0.05) is 29.4 Å². The topological polar surface area (TPSA) is 101 Å². The van der Waals surface area contributed by atoms with Gasteiger partial charge in [-0.2, -0.15) is 0 Å². The number of fused-ring (bicyclic) bond motifs is 1. The summed E-state index contributed by atoms with van der Waals surface area (Å²) in [5.74, 6) is 4.36. The average molecular weight is 723 g/mol. The van der Waals surface area contributed by atoms with E-state index in [1.165, 1.54) is 4.70 Å². The highest BCUT2D eigenvalue weighted by molar-refractivity contribution is 7.21. The number of nitrogens with zero attached hydrogens (tertiary/aromatic N) is 4. The Morgan fingerprint density at radius 1 is 0.635 bits per heavy atom. The van der Waals surface area contributed by atoms with Crippen LogP contribution in [0.5, 0.6) is 34.5 Å². The summed E-state index contributed by atoms with van der Waals surface area (Å²) in [6.07, 6.45) is 0. The zero-order valence-corrected chi connectivity index (χ0v) is 30.6. The van der Waals surface area contributed by atoms with Crippen LogP contribution in [0.1, 0.15) is 0 Å². The first-order valence-electron chi connectivity index (χ1n) is 17.2. The van der Waals surface area contributed by atoms with Gasteiger partial charge in [0.2, 0.25) is 5.75 Å². The lowest BCUT2D eigenvalue weighted by Gasteiger charge is -2.34. The third-order valence-corrected chi connectivity index (χ3v) is 10.2. The standard InChI is InChI=1S/C40H42N4O7S/c1-45-33-13-12-27(34-26-32(42-51-34)29-24-36(46-2)39(48-4)37(25-29)47-3)23-35(33)50-21-19-44-16-14-43(15-17-44)18-20-49-30-9-7-8-28(22-30)40-41-31-10-5-6-11-38(31)52-40/h5-13,22-26H,14-21H2,1-4H3. The van der Waals surface area contributed by atoms with E-state index in [9.17, 15) is 0 Å². The molecule has 1 aliphatic rings. The van der Waals surface area contributed by atoms with Crippen molar-refractivity contribution in [2.24, 2.45) is 0 Å². The fourth-order valence-electron chi connectivity index (χ4n) is 6.25. The lowest BCUT2D eigenvalue weighted by Crippen LogP contribution is -2.48. The van der Waals surface area contributed by atoms with E-state index in [0.717, 1.165) is 72.2 Å². The lowest BCUT2D eigenvalue weighted by atomic mass is 10.1. The predicted octanol–water partition coefficient (Wildman–Crippen LogP) is 7.40. The average Bonchev–Trinajstić information content (AvgIpc) is 3.87. The van der Waals surface area contributed by atoms with Crippen LogP contribution in [0.3, 0.4) is 0 Å². The van der Waals surface area contributed by atoms with Crippen molar-refractivity contribution in [2.45, 2.75) is 0 Å². The van der Waals surface area contributed by atoms with Crippen LogP contribution in [0.15, 0.2) is 89.5 Å². The van der Waals surface area contributed by atoms with Crippen LogP contribution in [-0.4, -0.2) is 101 Å². The van der Waals surface area contributed by atoms with Crippen LogP contribution in [-0.2, 0) is 0 Å². The Bertz CT molecular complexity index is 2050. The number of aromatic nitrogens is 2. The normalized spacial score (nSPS) is 13.6. The quantitative estimate of drug-likeness (QED) is 0.106. The highest BCUT2D eigenvalue weighted by Crippen LogP contribution is 2.42. The zero-order chi connectivity index (χ0) is 35.9. The van der Waals surface area contributed by atoms with Crippen LogP contribution in [0.2, 0.25) is 0 Å². The van der Waals surface area contributed by atoms with Crippen molar-refractivity contribution >= 4 is 21.6 Å². The van der Waals surface area contributed by atoms with Gasteiger partial charge < -0.3 is 32.9 Å². The number of hydrogen-bond acceptors (Lipinski definition) is 12. The van der Waals surface area contributed by atoms with Gasteiger partial charge in [-0.15, -0.1) is 11.3 Å². The molecule has 7 rings (SSSR count). The molecule has 0 radical (unpaired) electrons. The molecule has 0 bridgehead atoms. The summed E-state index contributed by atoms with van der Waals surface area (Å²) in [5, 5.41) is 5.32. The van der Waals surface area contributed by atoms with Crippen LogP contribution in [0, 0.1) is 0 Å². The largest absolute Gasteiger partial charge is 0.493 e. The molecule has 0 N–H and O–H groups in total. The molecule has 0 unspecified atom stereocenters. The molecule has 0 atom stereocenters. The fourth-order valence-corrected chi connectivity index (χ4v) is 7.21. The SMILES string of the molecule is COc1ccc(-c2cc(-c3cc(OC)c(OC)c(OC)c3)no2)cc1OCCN1CCN(CCOc2cccc(-c3nc4ccccc4s3)c2)CC1. The third kappa shape index (κ3) is 7.94. The molecule has 0 spiro atoms. The Kier molecular flexibility index (Phi) is 11.1. The monoisotopic (exact) mass is 722 g/mol. The number of hydrogen-bond donors (Lipinski definition) is 0. The second-order valence-corrected chi connectivity index (χ2v) is 13.3. The maximum atomic E-state index is 6.26. The molecule has 11 nitrogen and oxygen atoms in total. The molecule has 4 aromatic carbocycles. The Hall–Kier alpha value is -5.30. The summed E-state index contributed by atoms with van der Waals surface area (Å²) in [6, 6.07) is 27.7. The molecular weight excluding hydrogens is 681 g/mol. The summed E-state index contributed by atoms with van der Waals surface area (Å²) in [7, 11) is 6.38. The Morgan fingerprint density at radius 3 is 2.02 bits per heavy atom. The van der Waals surface area contributed by atoms with E-state index >= 15 is 0 Å². The summed E-state index contributed by atoms with van der Waals surface area (Å²) in [5.41, 5.74) is 4.34. The number of ether oxygens (including phenoxy) is 6. The fraction of sp³-hybridized carbons (Fsp3) is 0.300. The van der Waals surface area contributed by atoms with Crippen molar-refractivity contribution in [3.63, 3.8) is 0 Å². The molecule has 1 saturated heterocycles. The van der Waals surface area contributed by atoms with Gasteiger partial charge >= 0.3 is 0 Å². The Balaban J connectivity index is 0.886. The molecule has 270 valence electrons.